The zero-order valence-corrected chi connectivity index (χ0v) is 14.2. The van der Waals surface area contributed by atoms with Gasteiger partial charge < -0.3 is 9.15 Å². The molecule has 0 saturated heterocycles. The number of furan rings is 1. The van der Waals surface area contributed by atoms with Crippen LogP contribution in [0.2, 0.25) is 0 Å². The van der Waals surface area contributed by atoms with Gasteiger partial charge in [0, 0.05) is 17.0 Å². The van der Waals surface area contributed by atoms with Gasteiger partial charge in [-0.1, -0.05) is 12.1 Å². The van der Waals surface area contributed by atoms with Crippen molar-refractivity contribution in [3.05, 3.63) is 63.9 Å². The van der Waals surface area contributed by atoms with Crippen LogP contribution in [-0.4, -0.2) is 17.4 Å². The Morgan fingerprint density at radius 3 is 2.77 bits per heavy atom. The quantitative estimate of drug-likeness (QED) is 0.514. The Morgan fingerprint density at radius 2 is 2.04 bits per heavy atom. The molecular weight excluding hydrogens is 338 g/mol. The first-order valence-electron chi connectivity index (χ1n) is 7.97. The van der Waals surface area contributed by atoms with Crippen molar-refractivity contribution < 1.29 is 18.9 Å². The molecule has 0 saturated carbocycles. The molecule has 26 heavy (non-hydrogen) atoms. The average molecular weight is 355 g/mol. The number of hydrogen-bond acceptors (Lipinski definition) is 6. The third-order valence-electron chi connectivity index (χ3n) is 3.84. The second kappa shape index (κ2) is 7.14. The summed E-state index contributed by atoms with van der Waals surface area (Å²) in [6, 6.07) is 11.3. The maximum atomic E-state index is 12.4. The summed E-state index contributed by atoms with van der Waals surface area (Å²) in [5.41, 5.74) is 6.25. The number of carbonyl (C=O) groups is 1. The van der Waals surface area contributed by atoms with Gasteiger partial charge in [-0.3, -0.25) is 25.8 Å². The molecule has 2 N–H and O–H groups in total. The van der Waals surface area contributed by atoms with Gasteiger partial charge >= 0.3 is 5.91 Å². The number of hydrazine groups is 1. The molecule has 134 valence electrons. The van der Waals surface area contributed by atoms with Gasteiger partial charge in [0.05, 0.1) is 11.5 Å². The number of amides is 1. The molecule has 0 aliphatic carbocycles. The number of nitro benzene ring substituents is 1. The molecule has 8 heteroatoms. The van der Waals surface area contributed by atoms with Crippen LogP contribution in [0.15, 0.2) is 46.9 Å². The molecule has 0 atom stereocenters. The standard InChI is InChI=1S/C18H17N3O5/c1-3-25-12-8-9-16-13(10-12)11(2)17(26-16)18(22)20-19-14-6-4-5-7-15(14)21(23)24/h4-10,19H,3H2,1-2H3,(H,20,22). The Morgan fingerprint density at radius 1 is 1.27 bits per heavy atom. The van der Waals surface area contributed by atoms with Crippen LogP contribution in [0, 0.1) is 17.0 Å². The van der Waals surface area contributed by atoms with Crippen LogP contribution in [-0.2, 0) is 0 Å². The first-order chi connectivity index (χ1) is 12.5. The second-order valence-electron chi connectivity index (χ2n) is 5.50. The molecule has 0 spiro atoms. The molecule has 0 aliphatic rings. The maximum Gasteiger partial charge on any atom is 0.305 e. The van der Waals surface area contributed by atoms with Gasteiger partial charge in [0.25, 0.3) is 5.69 Å². The zero-order valence-electron chi connectivity index (χ0n) is 14.2. The average Bonchev–Trinajstić information content (AvgIpc) is 2.97. The van der Waals surface area contributed by atoms with Gasteiger partial charge in [-0.25, -0.2) is 0 Å². The van der Waals surface area contributed by atoms with Crippen molar-refractivity contribution in [2.45, 2.75) is 13.8 Å². The minimum absolute atomic E-state index is 0.125. The van der Waals surface area contributed by atoms with E-state index in [-0.39, 0.29) is 17.1 Å². The molecular formula is C18H17N3O5. The summed E-state index contributed by atoms with van der Waals surface area (Å²) in [7, 11) is 0. The highest BCUT2D eigenvalue weighted by molar-refractivity contribution is 5.99. The van der Waals surface area contributed by atoms with Crippen LogP contribution < -0.4 is 15.6 Å². The van der Waals surface area contributed by atoms with E-state index in [0.717, 1.165) is 5.39 Å². The Hall–Kier alpha value is -3.55. The van der Waals surface area contributed by atoms with E-state index in [1.54, 1.807) is 31.2 Å². The minimum atomic E-state index is -0.533. The summed E-state index contributed by atoms with van der Waals surface area (Å²) < 4.78 is 11.1. The lowest BCUT2D eigenvalue weighted by Crippen LogP contribution is -2.29. The summed E-state index contributed by atoms with van der Waals surface area (Å²) >= 11 is 0. The lowest BCUT2D eigenvalue weighted by molar-refractivity contribution is -0.384. The van der Waals surface area contributed by atoms with Crippen molar-refractivity contribution in [3.63, 3.8) is 0 Å². The molecule has 1 heterocycles. The molecule has 0 bridgehead atoms. The Labute approximate surface area is 148 Å². The van der Waals surface area contributed by atoms with E-state index < -0.39 is 10.8 Å². The minimum Gasteiger partial charge on any atom is -0.494 e. The summed E-state index contributed by atoms with van der Waals surface area (Å²) in [5, 5.41) is 11.8. The molecule has 3 aromatic rings. The summed E-state index contributed by atoms with van der Waals surface area (Å²) in [5.74, 6) is 0.281. The van der Waals surface area contributed by atoms with E-state index in [2.05, 4.69) is 10.9 Å². The molecule has 1 amide bonds. The van der Waals surface area contributed by atoms with E-state index in [1.165, 1.54) is 12.1 Å². The number of aryl methyl sites for hydroxylation is 1. The SMILES string of the molecule is CCOc1ccc2oc(C(=O)NNc3ccccc3[N+](=O)[O-])c(C)c2c1. The van der Waals surface area contributed by atoms with Crippen LogP contribution in [0.3, 0.4) is 0 Å². The molecule has 8 nitrogen and oxygen atoms in total. The Bertz CT molecular complexity index is 980. The van der Waals surface area contributed by atoms with Crippen LogP contribution in [0.5, 0.6) is 5.75 Å². The van der Waals surface area contributed by atoms with Crippen LogP contribution in [0.4, 0.5) is 11.4 Å². The van der Waals surface area contributed by atoms with Crippen molar-refractivity contribution in [2.75, 3.05) is 12.0 Å². The lowest BCUT2D eigenvalue weighted by Gasteiger charge is -2.07. The number of carbonyl (C=O) groups excluding carboxylic acids is 1. The Kier molecular flexibility index (Phi) is 4.74. The lowest BCUT2D eigenvalue weighted by atomic mass is 10.1. The fourth-order valence-corrected chi connectivity index (χ4v) is 2.59. The number of fused-ring (bicyclic) bond motifs is 1. The predicted molar refractivity (Wildman–Crippen MR) is 96.3 cm³/mol. The largest absolute Gasteiger partial charge is 0.494 e. The smallest absolute Gasteiger partial charge is 0.305 e. The molecule has 2 aromatic carbocycles. The third-order valence-corrected chi connectivity index (χ3v) is 3.84. The van der Waals surface area contributed by atoms with Crippen LogP contribution in [0.25, 0.3) is 11.0 Å². The topological polar surface area (TPSA) is 107 Å². The molecule has 0 radical (unpaired) electrons. The normalized spacial score (nSPS) is 10.5. The highest BCUT2D eigenvalue weighted by Gasteiger charge is 2.19. The molecule has 0 aliphatic heterocycles. The number of anilines is 1. The van der Waals surface area contributed by atoms with Gasteiger partial charge in [0.15, 0.2) is 5.76 Å². The molecule has 1 aromatic heterocycles. The highest BCUT2D eigenvalue weighted by atomic mass is 16.6. The number of para-hydroxylation sites is 2. The van der Waals surface area contributed by atoms with Crippen LogP contribution in [0.1, 0.15) is 23.0 Å². The highest BCUT2D eigenvalue weighted by Crippen LogP contribution is 2.29. The van der Waals surface area contributed by atoms with Crippen molar-refractivity contribution in [2.24, 2.45) is 0 Å². The number of ether oxygens (including phenoxy) is 1. The van der Waals surface area contributed by atoms with E-state index >= 15 is 0 Å². The van der Waals surface area contributed by atoms with Crippen molar-refractivity contribution >= 4 is 28.3 Å². The second-order valence-corrected chi connectivity index (χ2v) is 5.50. The van der Waals surface area contributed by atoms with Gasteiger partial charge in [-0.2, -0.15) is 0 Å². The number of nitrogens with zero attached hydrogens (tertiary/aromatic N) is 1. The number of nitro groups is 1. The first-order valence-corrected chi connectivity index (χ1v) is 7.97. The van der Waals surface area contributed by atoms with Gasteiger partial charge in [0.1, 0.15) is 17.0 Å². The third kappa shape index (κ3) is 3.30. The zero-order chi connectivity index (χ0) is 18.7. The van der Waals surface area contributed by atoms with Crippen LogP contribution >= 0.6 is 0 Å². The monoisotopic (exact) mass is 355 g/mol. The van der Waals surface area contributed by atoms with E-state index in [9.17, 15) is 14.9 Å². The summed E-state index contributed by atoms with van der Waals surface area (Å²) in [6.07, 6.45) is 0. The maximum absolute atomic E-state index is 12.4. The predicted octanol–water partition coefficient (Wildman–Crippen LogP) is 3.81. The number of nitrogens with one attached hydrogen (secondary N) is 2. The fourth-order valence-electron chi connectivity index (χ4n) is 2.59. The van der Waals surface area contributed by atoms with Crippen molar-refractivity contribution in [1.82, 2.24) is 5.43 Å². The molecule has 0 fully saturated rings. The van der Waals surface area contributed by atoms with Crippen molar-refractivity contribution in [1.29, 1.82) is 0 Å². The van der Waals surface area contributed by atoms with E-state index in [0.29, 0.717) is 23.5 Å². The Balaban J connectivity index is 1.82. The summed E-state index contributed by atoms with van der Waals surface area (Å²) in [6.45, 7) is 4.19. The van der Waals surface area contributed by atoms with E-state index in [1.807, 2.05) is 13.0 Å². The fraction of sp³-hybridized carbons (Fsp3) is 0.167. The molecule has 0 unspecified atom stereocenters. The van der Waals surface area contributed by atoms with Gasteiger partial charge in [0.2, 0.25) is 0 Å². The number of benzene rings is 2. The van der Waals surface area contributed by atoms with Crippen molar-refractivity contribution in [3.8, 4) is 5.75 Å². The van der Waals surface area contributed by atoms with E-state index in [4.69, 9.17) is 9.15 Å². The van der Waals surface area contributed by atoms with Gasteiger partial charge in [-0.05, 0) is 38.1 Å². The summed E-state index contributed by atoms with van der Waals surface area (Å²) in [4.78, 5) is 22.9. The number of hydrogen-bond donors (Lipinski definition) is 2. The molecule has 3 rings (SSSR count). The van der Waals surface area contributed by atoms with Gasteiger partial charge in [-0.15, -0.1) is 0 Å². The first kappa shape index (κ1) is 17.3. The number of rotatable bonds is 6.